The second-order valence-corrected chi connectivity index (χ2v) is 4.12. The lowest BCUT2D eigenvalue weighted by Gasteiger charge is -2.22. The molecule has 7 heteroatoms. The molecule has 0 saturated heterocycles. The molecule has 0 saturated carbocycles. The Morgan fingerprint density at radius 2 is 2.28 bits per heavy atom. The van der Waals surface area contributed by atoms with Gasteiger partial charge in [0.2, 0.25) is 0 Å². The van der Waals surface area contributed by atoms with Gasteiger partial charge in [0.25, 0.3) is 0 Å². The second-order valence-electron chi connectivity index (χ2n) is 4.12. The first-order chi connectivity index (χ1) is 8.76. The number of hydrogen-bond acceptors (Lipinski definition) is 5. The third-order valence-electron chi connectivity index (χ3n) is 2.71. The number of fused-ring (bicyclic) bond motifs is 1. The first-order valence-electron chi connectivity index (χ1n) is 6.15. The molecule has 0 aliphatic rings. The fourth-order valence-electron chi connectivity index (χ4n) is 1.85. The zero-order valence-corrected chi connectivity index (χ0v) is 10.5. The SMILES string of the molecule is CCCN(CCCN)c1ccc2n[nH]c(=O)n2n1. The third-order valence-corrected chi connectivity index (χ3v) is 2.71. The van der Waals surface area contributed by atoms with Crippen LogP contribution in [-0.2, 0) is 0 Å². The number of anilines is 1. The van der Waals surface area contributed by atoms with Crippen LogP contribution < -0.4 is 16.3 Å². The first-order valence-corrected chi connectivity index (χ1v) is 6.15. The standard InChI is InChI=1S/C11H18N6O/c1-2-7-16(8-3-6-12)10-5-4-9-13-14-11(18)17(9)15-10/h4-5H,2-3,6-8,12H2,1H3,(H,14,18). The molecule has 0 aliphatic carbocycles. The van der Waals surface area contributed by atoms with E-state index in [4.69, 9.17) is 5.73 Å². The van der Waals surface area contributed by atoms with E-state index in [1.165, 1.54) is 4.52 Å². The maximum atomic E-state index is 11.5. The minimum absolute atomic E-state index is 0.317. The molecule has 2 rings (SSSR count). The van der Waals surface area contributed by atoms with Crippen molar-refractivity contribution in [3.8, 4) is 0 Å². The summed E-state index contributed by atoms with van der Waals surface area (Å²) in [6, 6.07) is 3.66. The lowest BCUT2D eigenvalue weighted by atomic mass is 10.3. The van der Waals surface area contributed by atoms with Crippen molar-refractivity contribution >= 4 is 11.5 Å². The molecule has 7 nitrogen and oxygen atoms in total. The lowest BCUT2D eigenvalue weighted by Crippen LogP contribution is -2.29. The maximum absolute atomic E-state index is 11.5. The average Bonchev–Trinajstić information content (AvgIpc) is 2.76. The van der Waals surface area contributed by atoms with Gasteiger partial charge >= 0.3 is 5.69 Å². The number of aromatic nitrogens is 4. The van der Waals surface area contributed by atoms with Crippen molar-refractivity contribution in [1.82, 2.24) is 19.8 Å². The van der Waals surface area contributed by atoms with Crippen molar-refractivity contribution in [1.29, 1.82) is 0 Å². The van der Waals surface area contributed by atoms with Gasteiger partial charge in [-0.1, -0.05) is 6.92 Å². The Morgan fingerprint density at radius 3 is 3.00 bits per heavy atom. The Kier molecular flexibility index (Phi) is 3.93. The van der Waals surface area contributed by atoms with Crippen molar-refractivity contribution < 1.29 is 0 Å². The summed E-state index contributed by atoms with van der Waals surface area (Å²) < 4.78 is 1.28. The highest BCUT2D eigenvalue weighted by Gasteiger charge is 2.09. The molecule has 18 heavy (non-hydrogen) atoms. The smallest absolute Gasteiger partial charge is 0.355 e. The maximum Gasteiger partial charge on any atom is 0.364 e. The normalized spacial score (nSPS) is 11.0. The van der Waals surface area contributed by atoms with Crippen LogP contribution in [0.4, 0.5) is 5.82 Å². The first kappa shape index (κ1) is 12.6. The molecule has 0 radical (unpaired) electrons. The van der Waals surface area contributed by atoms with Gasteiger partial charge < -0.3 is 10.6 Å². The highest BCUT2D eigenvalue weighted by atomic mass is 16.2. The van der Waals surface area contributed by atoms with E-state index in [9.17, 15) is 4.79 Å². The van der Waals surface area contributed by atoms with Crippen LogP contribution >= 0.6 is 0 Å². The van der Waals surface area contributed by atoms with E-state index in [1.807, 2.05) is 6.07 Å². The molecule has 0 amide bonds. The summed E-state index contributed by atoms with van der Waals surface area (Å²) in [5.41, 5.74) is 5.74. The molecule has 2 aromatic heterocycles. The molecule has 0 aliphatic heterocycles. The predicted molar refractivity (Wildman–Crippen MR) is 69.8 cm³/mol. The van der Waals surface area contributed by atoms with Gasteiger partial charge in [-0.3, -0.25) is 0 Å². The molecule has 0 spiro atoms. The molecule has 2 aromatic rings. The second kappa shape index (κ2) is 5.63. The molecule has 3 N–H and O–H groups in total. The zero-order chi connectivity index (χ0) is 13.0. The largest absolute Gasteiger partial charge is 0.364 e. The number of nitrogens with two attached hydrogens (primary N) is 1. The summed E-state index contributed by atoms with van der Waals surface area (Å²) in [5.74, 6) is 0.779. The van der Waals surface area contributed by atoms with Crippen LogP contribution in [0.2, 0.25) is 0 Å². The Labute approximate surface area is 105 Å². The van der Waals surface area contributed by atoms with Crippen LogP contribution in [-0.4, -0.2) is 39.4 Å². The van der Waals surface area contributed by atoms with Gasteiger partial charge in [-0.15, -0.1) is 5.10 Å². The monoisotopic (exact) mass is 250 g/mol. The fourth-order valence-corrected chi connectivity index (χ4v) is 1.85. The van der Waals surface area contributed by atoms with Gasteiger partial charge in [-0.2, -0.15) is 9.61 Å². The summed E-state index contributed by atoms with van der Waals surface area (Å²) in [6.07, 6.45) is 1.92. The zero-order valence-electron chi connectivity index (χ0n) is 10.5. The average molecular weight is 250 g/mol. The quantitative estimate of drug-likeness (QED) is 0.752. The number of aromatic amines is 1. The van der Waals surface area contributed by atoms with Crippen LogP contribution in [0.3, 0.4) is 0 Å². The number of rotatable bonds is 6. The number of nitrogens with one attached hydrogen (secondary N) is 1. The highest BCUT2D eigenvalue weighted by molar-refractivity contribution is 5.44. The molecule has 0 fully saturated rings. The van der Waals surface area contributed by atoms with Crippen molar-refractivity contribution in [2.24, 2.45) is 5.73 Å². The Bertz CT molecular complexity index is 560. The van der Waals surface area contributed by atoms with Gasteiger partial charge in [-0.25, -0.2) is 9.89 Å². The van der Waals surface area contributed by atoms with Crippen LogP contribution in [0.15, 0.2) is 16.9 Å². The number of hydrogen-bond donors (Lipinski definition) is 2. The fraction of sp³-hybridized carbons (Fsp3) is 0.545. The van der Waals surface area contributed by atoms with Crippen LogP contribution in [0, 0.1) is 0 Å². The van der Waals surface area contributed by atoms with Crippen molar-refractivity contribution in [2.45, 2.75) is 19.8 Å². The Morgan fingerprint density at radius 1 is 1.44 bits per heavy atom. The predicted octanol–water partition coefficient (Wildman–Crippen LogP) is -0.0172. The molecule has 2 heterocycles. The van der Waals surface area contributed by atoms with E-state index in [2.05, 4.69) is 27.1 Å². The van der Waals surface area contributed by atoms with E-state index in [1.54, 1.807) is 6.07 Å². The van der Waals surface area contributed by atoms with Crippen LogP contribution in [0.5, 0.6) is 0 Å². The third kappa shape index (κ3) is 2.51. The minimum atomic E-state index is -0.317. The van der Waals surface area contributed by atoms with Crippen LogP contribution in [0.25, 0.3) is 5.65 Å². The van der Waals surface area contributed by atoms with E-state index in [0.717, 1.165) is 31.7 Å². The molecular formula is C11H18N6O. The minimum Gasteiger partial charge on any atom is -0.355 e. The van der Waals surface area contributed by atoms with Gasteiger partial charge in [0.15, 0.2) is 5.65 Å². The molecular weight excluding hydrogens is 232 g/mol. The van der Waals surface area contributed by atoms with Crippen LogP contribution in [0.1, 0.15) is 19.8 Å². The van der Waals surface area contributed by atoms with Crippen molar-refractivity contribution in [3.63, 3.8) is 0 Å². The Balaban J connectivity index is 2.30. The topological polar surface area (TPSA) is 92.3 Å². The molecule has 0 unspecified atom stereocenters. The lowest BCUT2D eigenvalue weighted by molar-refractivity contribution is 0.699. The summed E-state index contributed by atoms with van der Waals surface area (Å²) in [7, 11) is 0. The summed E-state index contributed by atoms with van der Waals surface area (Å²) in [5, 5.41) is 10.5. The molecule has 0 atom stereocenters. The Hall–Kier alpha value is -1.89. The van der Waals surface area contributed by atoms with Gasteiger partial charge in [0.05, 0.1) is 0 Å². The van der Waals surface area contributed by atoms with Crippen molar-refractivity contribution in [2.75, 3.05) is 24.5 Å². The van der Waals surface area contributed by atoms with Gasteiger partial charge in [0, 0.05) is 13.1 Å². The van der Waals surface area contributed by atoms with Gasteiger partial charge in [-0.05, 0) is 31.5 Å². The number of nitrogens with zero attached hydrogens (tertiary/aromatic N) is 4. The van der Waals surface area contributed by atoms with E-state index in [0.29, 0.717) is 12.2 Å². The van der Waals surface area contributed by atoms with Crippen molar-refractivity contribution in [3.05, 3.63) is 22.6 Å². The summed E-state index contributed by atoms with van der Waals surface area (Å²) in [6.45, 7) is 4.49. The molecule has 0 aromatic carbocycles. The molecule has 98 valence electrons. The number of H-pyrrole nitrogens is 1. The highest BCUT2D eigenvalue weighted by Crippen LogP contribution is 2.11. The van der Waals surface area contributed by atoms with E-state index in [-0.39, 0.29) is 5.69 Å². The molecule has 0 bridgehead atoms. The van der Waals surface area contributed by atoms with E-state index >= 15 is 0 Å². The summed E-state index contributed by atoms with van der Waals surface area (Å²) >= 11 is 0. The summed E-state index contributed by atoms with van der Waals surface area (Å²) in [4.78, 5) is 13.6. The van der Waals surface area contributed by atoms with Gasteiger partial charge in [0.1, 0.15) is 5.82 Å². The van der Waals surface area contributed by atoms with E-state index < -0.39 is 0 Å².